The highest BCUT2D eigenvalue weighted by molar-refractivity contribution is 5.82. The normalized spacial score (nSPS) is 19.4. The Hall–Kier alpha value is -1.12. The summed E-state index contributed by atoms with van der Waals surface area (Å²) in [5, 5.41) is 11.7. The zero-order chi connectivity index (χ0) is 11.8. The lowest BCUT2D eigenvalue weighted by molar-refractivity contribution is -0.133. The number of carbonyl (C=O) groups is 1. The van der Waals surface area contributed by atoms with Gasteiger partial charge in [0.25, 0.3) is 0 Å². The molecule has 0 spiro atoms. The van der Waals surface area contributed by atoms with Gasteiger partial charge >= 0.3 is 0 Å². The fourth-order valence-corrected chi connectivity index (χ4v) is 1.83. The van der Waals surface area contributed by atoms with Gasteiger partial charge in [0, 0.05) is 20.2 Å². The second-order valence-corrected chi connectivity index (χ2v) is 3.88. The van der Waals surface area contributed by atoms with Gasteiger partial charge in [-0.05, 0) is 19.4 Å². The lowest BCUT2D eigenvalue weighted by Crippen LogP contribution is -2.45. The molecule has 0 aromatic heterocycles. The number of nitrogens with zero attached hydrogens (tertiary/aromatic N) is 2. The first-order chi connectivity index (χ1) is 7.79. The van der Waals surface area contributed by atoms with Crippen LogP contribution < -0.4 is 5.32 Å². The lowest BCUT2D eigenvalue weighted by atomic mass is 10.2. The van der Waals surface area contributed by atoms with Crippen molar-refractivity contribution in [1.82, 2.24) is 10.2 Å². The van der Waals surface area contributed by atoms with E-state index in [9.17, 15) is 4.79 Å². The van der Waals surface area contributed by atoms with E-state index in [1.807, 2.05) is 0 Å². The van der Waals surface area contributed by atoms with Crippen molar-refractivity contribution in [2.45, 2.75) is 25.3 Å². The Kier molecular flexibility index (Phi) is 5.83. The molecule has 1 aliphatic rings. The standard InChI is InChI=1S/C11H19N3O2/c1-16-9-8-14(7-3-5-12)11(15)10-4-2-6-13-10/h10,13H,2-4,6-9H2,1H3/t10-/m0/s1. The fraction of sp³-hybridized carbons (Fsp3) is 0.818. The van der Waals surface area contributed by atoms with Crippen LogP contribution in [0.1, 0.15) is 19.3 Å². The van der Waals surface area contributed by atoms with Crippen LogP contribution >= 0.6 is 0 Å². The van der Waals surface area contributed by atoms with Crippen LogP contribution in [0.4, 0.5) is 0 Å². The van der Waals surface area contributed by atoms with Crippen LogP contribution in [0.25, 0.3) is 0 Å². The smallest absolute Gasteiger partial charge is 0.239 e. The fourth-order valence-electron chi connectivity index (χ4n) is 1.83. The molecule has 1 aliphatic heterocycles. The highest BCUT2D eigenvalue weighted by atomic mass is 16.5. The summed E-state index contributed by atoms with van der Waals surface area (Å²) >= 11 is 0. The molecule has 0 radical (unpaired) electrons. The first-order valence-electron chi connectivity index (χ1n) is 5.67. The van der Waals surface area contributed by atoms with E-state index in [-0.39, 0.29) is 11.9 Å². The topological polar surface area (TPSA) is 65.4 Å². The molecule has 1 fully saturated rings. The van der Waals surface area contributed by atoms with Crippen molar-refractivity contribution in [3.05, 3.63) is 0 Å². The first-order valence-corrected chi connectivity index (χ1v) is 5.67. The largest absolute Gasteiger partial charge is 0.383 e. The van der Waals surface area contributed by atoms with Crippen LogP contribution in [-0.4, -0.2) is 50.2 Å². The maximum Gasteiger partial charge on any atom is 0.239 e. The number of nitrogens with one attached hydrogen (secondary N) is 1. The number of methoxy groups -OCH3 is 1. The van der Waals surface area contributed by atoms with Crippen molar-refractivity contribution < 1.29 is 9.53 Å². The highest BCUT2D eigenvalue weighted by Gasteiger charge is 2.26. The van der Waals surface area contributed by atoms with Gasteiger partial charge in [-0.25, -0.2) is 0 Å². The minimum atomic E-state index is -0.0597. The van der Waals surface area contributed by atoms with Crippen molar-refractivity contribution in [1.29, 1.82) is 5.26 Å². The summed E-state index contributed by atoms with van der Waals surface area (Å²) in [6, 6.07) is 2.01. The number of hydrogen-bond donors (Lipinski definition) is 1. The third-order valence-corrected chi connectivity index (χ3v) is 2.73. The molecule has 90 valence electrons. The summed E-state index contributed by atoms with van der Waals surface area (Å²) in [6.45, 7) is 2.49. The summed E-state index contributed by atoms with van der Waals surface area (Å²) in [5.74, 6) is 0.102. The van der Waals surface area contributed by atoms with E-state index in [0.717, 1.165) is 19.4 Å². The molecule has 5 heteroatoms. The number of carbonyl (C=O) groups excluding carboxylic acids is 1. The molecule has 0 aromatic rings. The van der Waals surface area contributed by atoms with Crippen LogP contribution in [0.3, 0.4) is 0 Å². The molecule has 1 heterocycles. The van der Waals surface area contributed by atoms with Crippen LogP contribution in [-0.2, 0) is 9.53 Å². The Balaban J connectivity index is 2.45. The van der Waals surface area contributed by atoms with Crippen molar-refractivity contribution in [2.75, 3.05) is 33.4 Å². The number of hydrogen-bond acceptors (Lipinski definition) is 4. The molecule has 0 aliphatic carbocycles. The quantitative estimate of drug-likeness (QED) is 0.697. The average Bonchev–Trinajstić information content (AvgIpc) is 2.82. The molecule has 0 aromatic carbocycles. The van der Waals surface area contributed by atoms with E-state index in [2.05, 4.69) is 11.4 Å². The summed E-state index contributed by atoms with van der Waals surface area (Å²) in [7, 11) is 1.61. The number of ether oxygens (including phenoxy) is 1. The number of amides is 1. The molecule has 1 amide bonds. The van der Waals surface area contributed by atoms with Crippen LogP contribution in [0.2, 0.25) is 0 Å². The molecule has 1 rings (SSSR count). The van der Waals surface area contributed by atoms with Gasteiger partial charge < -0.3 is 15.0 Å². The SMILES string of the molecule is COCCN(CCC#N)C(=O)[C@@H]1CCCN1. The maximum atomic E-state index is 12.1. The molecule has 1 saturated heterocycles. The molecule has 0 bridgehead atoms. The predicted octanol–water partition coefficient (Wildman–Crippen LogP) is 0.127. The van der Waals surface area contributed by atoms with Crippen molar-refractivity contribution in [3.63, 3.8) is 0 Å². The molecule has 1 N–H and O–H groups in total. The number of nitriles is 1. The summed E-state index contributed by atoms with van der Waals surface area (Å²) in [6.07, 6.45) is 2.32. The second-order valence-electron chi connectivity index (χ2n) is 3.88. The average molecular weight is 225 g/mol. The Labute approximate surface area is 96.4 Å². The molecular formula is C11H19N3O2. The molecule has 0 unspecified atom stereocenters. The van der Waals surface area contributed by atoms with Gasteiger partial charge in [0.15, 0.2) is 0 Å². The third kappa shape index (κ3) is 3.80. The first kappa shape index (κ1) is 12.9. The van der Waals surface area contributed by atoms with E-state index >= 15 is 0 Å². The van der Waals surface area contributed by atoms with Gasteiger partial charge in [-0.15, -0.1) is 0 Å². The third-order valence-electron chi connectivity index (χ3n) is 2.73. The molecule has 0 saturated carbocycles. The van der Waals surface area contributed by atoms with Gasteiger partial charge in [-0.2, -0.15) is 5.26 Å². The Morgan fingerprint density at radius 3 is 3.00 bits per heavy atom. The van der Waals surface area contributed by atoms with Gasteiger partial charge in [0.2, 0.25) is 5.91 Å². The highest BCUT2D eigenvalue weighted by Crippen LogP contribution is 2.08. The predicted molar refractivity (Wildman–Crippen MR) is 59.7 cm³/mol. The monoisotopic (exact) mass is 225 g/mol. The van der Waals surface area contributed by atoms with Gasteiger partial charge in [0.05, 0.1) is 25.1 Å². The Morgan fingerprint density at radius 2 is 2.44 bits per heavy atom. The second kappa shape index (κ2) is 7.20. The maximum absolute atomic E-state index is 12.1. The Morgan fingerprint density at radius 1 is 1.62 bits per heavy atom. The van der Waals surface area contributed by atoms with E-state index in [1.54, 1.807) is 12.0 Å². The van der Waals surface area contributed by atoms with E-state index < -0.39 is 0 Å². The summed E-state index contributed by atoms with van der Waals surface area (Å²) < 4.78 is 4.97. The minimum Gasteiger partial charge on any atom is -0.383 e. The van der Waals surface area contributed by atoms with Crippen LogP contribution in [0.15, 0.2) is 0 Å². The van der Waals surface area contributed by atoms with E-state index in [1.165, 1.54) is 0 Å². The van der Waals surface area contributed by atoms with E-state index in [0.29, 0.717) is 26.1 Å². The van der Waals surface area contributed by atoms with Gasteiger partial charge in [0.1, 0.15) is 0 Å². The number of rotatable bonds is 6. The Bertz CT molecular complexity index is 256. The molecular weight excluding hydrogens is 206 g/mol. The lowest BCUT2D eigenvalue weighted by Gasteiger charge is -2.24. The van der Waals surface area contributed by atoms with Crippen LogP contribution in [0, 0.1) is 11.3 Å². The molecule has 16 heavy (non-hydrogen) atoms. The zero-order valence-corrected chi connectivity index (χ0v) is 9.74. The van der Waals surface area contributed by atoms with Crippen molar-refractivity contribution in [2.24, 2.45) is 0 Å². The summed E-state index contributed by atoms with van der Waals surface area (Å²) in [4.78, 5) is 13.8. The van der Waals surface area contributed by atoms with E-state index in [4.69, 9.17) is 10.00 Å². The molecule has 5 nitrogen and oxygen atoms in total. The summed E-state index contributed by atoms with van der Waals surface area (Å²) in [5.41, 5.74) is 0. The van der Waals surface area contributed by atoms with Crippen molar-refractivity contribution >= 4 is 5.91 Å². The molecule has 1 atom stereocenters. The van der Waals surface area contributed by atoms with Crippen LogP contribution in [0.5, 0.6) is 0 Å². The zero-order valence-electron chi connectivity index (χ0n) is 9.74. The minimum absolute atomic E-state index is 0.0597. The van der Waals surface area contributed by atoms with Gasteiger partial charge in [-0.1, -0.05) is 0 Å². The van der Waals surface area contributed by atoms with Crippen molar-refractivity contribution in [3.8, 4) is 6.07 Å². The van der Waals surface area contributed by atoms with Gasteiger partial charge in [-0.3, -0.25) is 4.79 Å².